The Bertz CT molecular complexity index is 411. The third kappa shape index (κ3) is 3.80. The van der Waals surface area contributed by atoms with Crippen molar-refractivity contribution in [1.82, 2.24) is 5.32 Å². The molecule has 0 fully saturated rings. The molecule has 0 aliphatic carbocycles. The molecule has 0 aromatic heterocycles. The number of carbonyl (C=O) groups is 1. The first-order valence-corrected chi connectivity index (χ1v) is 6.87. The Morgan fingerprint density at radius 1 is 1.32 bits per heavy atom. The van der Waals surface area contributed by atoms with E-state index in [1.54, 1.807) is 0 Å². The summed E-state index contributed by atoms with van der Waals surface area (Å²) in [4.78, 5) is 12.1. The molecule has 0 bridgehead atoms. The average molecular weight is 263 g/mol. The van der Waals surface area contributed by atoms with Crippen molar-refractivity contribution in [2.24, 2.45) is 5.92 Å². The molecule has 1 atom stereocenters. The second-order valence-electron chi connectivity index (χ2n) is 5.44. The van der Waals surface area contributed by atoms with E-state index in [-0.39, 0.29) is 5.97 Å². The van der Waals surface area contributed by atoms with Crippen LogP contribution in [0.15, 0.2) is 24.3 Å². The Balaban J connectivity index is 3.03. The van der Waals surface area contributed by atoms with Crippen LogP contribution in [-0.2, 0) is 21.5 Å². The van der Waals surface area contributed by atoms with Crippen LogP contribution < -0.4 is 5.32 Å². The molecule has 1 rings (SSSR count). The fourth-order valence-electron chi connectivity index (χ4n) is 1.98. The summed E-state index contributed by atoms with van der Waals surface area (Å²) < 4.78 is 4.96. The van der Waals surface area contributed by atoms with Gasteiger partial charge < -0.3 is 4.74 Å². The largest absolute Gasteiger partial charge is 0.467 e. The van der Waals surface area contributed by atoms with Crippen molar-refractivity contribution in [1.29, 1.82) is 0 Å². The predicted molar refractivity (Wildman–Crippen MR) is 78.0 cm³/mol. The maximum absolute atomic E-state index is 12.1. The fourth-order valence-corrected chi connectivity index (χ4v) is 1.98. The molecule has 0 aliphatic rings. The smallest absolute Gasteiger partial charge is 0.330 e. The minimum Gasteiger partial charge on any atom is -0.467 e. The maximum atomic E-state index is 12.1. The molecule has 3 nitrogen and oxygen atoms in total. The van der Waals surface area contributed by atoms with E-state index in [2.05, 4.69) is 38.2 Å². The molecule has 0 saturated carbocycles. The number of nitrogens with one attached hydrogen (secondary N) is 1. The molecule has 19 heavy (non-hydrogen) atoms. The second-order valence-corrected chi connectivity index (χ2v) is 5.44. The first-order chi connectivity index (χ1) is 8.93. The number of rotatable bonds is 6. The first-order valence-electron chi connectivity index (χ1n) is 6.87. The van der Waals surface area contributed by atoms with E-state index in [0.29, 0.717) is 5.92 Å². The van der Waals surface area contributed by atoms with Gasteiger partial charge in [-0.3, -0.25) is 5.32 Å². The first kappa shape index (κ1) is 15.7. The zero-order valence-corrected chi connectivity index (χ0v) is 12.6. The molecule has 1 N–H and O–H groups in total. The molecule has 1 aromatic carbocycles. The fraction of sp³-hybridized carbons (Fsp3) is 0.562. The summed E-state index contributed by atoms with van der Waals surface area (Å²) in [6.07, 6.45) is 0.995. The highest BCUT2D eigenvalue weighted by Gasteiger charge is 2.35. The van der Waals surface area contributed by atoms with Crippen LogP contribution in [0.4, 0.5) is 0 Å². The number of benzene rings is 1. The van der Waals surface area contributed by atoms with E-state index in [1.165, 1.54) is 12.7 Å². The van der Waals surface area contributed by atoms with Crippen molar-refractivity contribution in [3.8, 4) is 0 Å². The van der Waals surface area contributed by atoms with E-state index in [0.717, 1.165) is 18.5 Å². The van der Waals surface area contributed by atoms with Crippen molar-refractivity contribution in [3.63, 3.8) is 0 Å². The Kier molecular flexibility index (Phi) is 5.55. The van der Waals surface area contributed by atoms with Gasteiger partial charge in [-0.25, -0.2) is 4.79 Å². The number of carbonyl (C=O) groups excluding carboxylic acids is 1. The van der Waals surface area contributed by atoms with Crippen LogP contribution in [0, 0.1) is 5.92 Å². The molecule has 0 spiro atoms. The van der Waals surface area contributed by atoms with Crippen LogP contribution >= 0.6 is 0 Å². The highest BCUT2D eigenvalue weighted by molar-refractivity contribution is 5.82. The summed E-state index contributed by atoms with van der Waals surface area (Å²) in [7, 11) is 1.43. The maximum Gasteiger partial charge on any atom is 0.330 e. The molecule has 3 heteroatoms. The van der Waals surface area contributed by atoms with E-state index in [9.17, 15) is 4.79 Å². The normalized spacial score (nSPS) is 14.2. The van der Waals surface area contributed by atoms with E-state index >= 15 is 0 Å². The van der Waals surface area contributed by atoms with Crippen molar-refractivity contribution < 1.29 is 9.53 Å². The molecule has 1 aromatic rings. The summed E-state index contributed by atoms with van der Waals surface area (Å²) in [5.74, 6) is 0.219. The van der Waals surface area contributed by atoms with Gasteiger partial charge in [0.2, 0.25) is 0 Å². The topological polar surface area (TPSA) is 38.3 Å². The lowest BCUT2D eigenvalue weighted by Crippen LogP contribution is -2.48. The van der Waals surface area contributed by atoms with Crippen LogP contribution in [-0.4, -0.2) is 19.6 Å². The van der Waals surface area contributed by atoms with Gasteiger partial charge in [0.05, 0.1) is 7.11 Å². The monoisotopic (exact) mass is 263 g/mol. The average Bonchev–Trinajstić information content (AvgIpc) is 2.43. The van der Waals surface area contributed by atoms with Gasteiger partial charge in [-0.1, -0.05) is 45.0 Å². The number of hydrogen-bond donors (Lipinski definition) is 1. The summed E-state index contributed by atoms with van der Waals surface area (Å²) in [6.45, 7) is 8.99. The highest BCUT2D eigenvalue weighted by Crippen LogP contribution is 2.23. The number of hydrogen-bond acceptors (Lipinski definition) is 3. The standard InChI is InChI=1S/C16H25NO2/c1-6-13-7-9-14(10-8-13)16(4,15(18)19-5)17-11-12(2)3/h7-10,12,17H,6,11H2,1-5H3. The third-order valence-corrected chi connectivity index (χ3v) is 3.40. The molecular formula is C16H25NO2. The molecule has 0 saturated heterocycles. The summed E-state index contributed by atoms with van der Waals surface area (Å²) >= 11 is 0. The Hall–Kier alpha value is -1.35. The SMILES string of the molecule is CCc1ccc(C(C)(NCC(C)C)C(=O)OC)cc1. The highest BCUT2D eigenvalue weighted by atomic mass is 16.5. The minimum atomic E-state index is -0.786. The minimum absolute atomic E-state index is 0.252. The van der Waals surface area contributed by atoms with Gasteiger partial charge in [0.1, 0.15) is 5.54 Å². The number of methoxy groups -OCH3 is 1. The number of esters is 1. The van der Waals surface area contributed by atoms with Crippen LogP contribution in [0.1, 0.15) is 38.8 Å². The van der Waals surface area contributed by atoms with Crippen LogP contribution in [0.3, 0.4) is 0 Å². The molecule has 0 amide bonds. The third-order valence-electron chi connectivity index (χ3n) is 3.40. The molecule has 0 heterocycles. The van der Waals surface area contributed by atoms with Crippen molar-refractivity contribution in [2.75, 3.05) is 13.7 Å². The Morgan fingerprint density at radius 2 is 1.89 bits per heavy atom. The lowest BCUT2D eigenvalue weighted by Gasteiger charge is -2.29. The van der Waals surface area contributed by atoms with Gasteiger partial charge in [-0.15, -0.1) is 0 Å². The van der Waals surface area contributed by atoms with E-state index in [4.69, 9.17) is 4.74 Å². The lowest BCUT2D eigenvalue weighted by atomic mass is 9.90. The predicted octanol–water partition coefficient (Wildman–Crippen LogP) is 2.88. The van der Waals surface area contributed by atoms with Gasteiger partial charge in [-0.2, -0.15) is 0 Å². The van der Waals surface area contributed by atoms with Crippen molar-refractivity contribution in [3.05, 3.63) is 35.4 Å². The van der Waals surface area contributed by atoms with Crippen LogP contribution in [0.5, 0.6) is 0 Å². The van der Waals surface area contributed by atoms with Gasteiger partial charge in [0.25, 0.3) is 0 Å². The Morgan fingerprint density at radius 3 is 2.32 bits per heavy atom. The van der Waals surface area contributed by atoms with Crippen molar-refractivity contribution >= 4 is 5.97 Å². The van der Waals surface area contributed by atoms with Gasteiger partial charge in [0.15, 0.2) is 0 Å². The zero-order valence-electron chi connectivity index (χ0n) is 12.6. The quantitative estimate of drug-likeness (QED) is 0.802. The van der Waals surface area contributed by atoms with Crippen LogP contribution in [0.25, 0.3) is 0 Å². The summed E-state index contributed by atoms with van der Waals surface area (Å²) in [6, 6.07) is 8.13. The number of aryl methyl sites for hydroxylation is 1. The zero-order chi connectivity index (χ0) is 14.5. The molecule has 1 unspecified atom stereocenters. The van der Waals surface area contributed by atoms with Crippen molar-refractivity contribution in [2.45, 2.75) is 39.7 Å². The molecule has 0 radical (unpaired) electrons. The van der Waals surface area contributed by atoms with Gasteiger partial charge in [-0.05, 0) is 36.9 Å². The Labute approximate surface area is 116 Å². The molecule has 106 valence electrons. The van der Waals surface area contributed by atoms with Gasteiger partial charge in [0, 0.05) is 0 Å². The number of ether oxygens (including phenoxy) is 1. The summed E-state index contributed by atoms with van der Waals surface area (Å²) in [5.41, 5.74) is 1.42. The van der Waals surface area contributed by atoms with Crippen LogP contribution in [0.2, 0.25) is 0 Å². The van der Waals surface area contributed by atoms with Gasteiger partial charge >= 0.3 is 5.97 Å². The lowest BCUT2D eigenvalue weighted by molar-refractivity contribution is -0.148. The second kappa shape index (κ2) is 6.71. The molecule has 0 aliphatic heterocycles. The molecular weight excluding hydrogens is 238 g/mol. The van der Waals surface area contributed by atoms with E-state index < -0.39 is 5.54 Å². The summed E-state index contributed by atoms with van der Waals surface area (Å²) in [5, 5.41) is 3.33. The van der Waals surface area contributed by atoms with E-state index in [1.807, 2.05) is 19.1 Å².